The molecule has 1 amide bonds. The fourth-order valence-electron chi connectivity index (χ4n) is 3.00. The standard InChI is InChI=1S/C17H26N2O4S/c1-4-16(13-7-9-15(23-2)10-8-13)18-17(20)14-6-5-11-19(12-14)24(3,21)22/h7-10,14,16H,4-6,11-12H2,1-3H3,(H,18,20)/t14-,16+/m1/s1. The second kappa shape index (κ2) is 7.98. The van der Waals surface area contributed by atoms with Crippen molar-refractivity contribution in [1.82, 2.24) is 9.62 Å². The van der Waals surface area contributed by atoms with Crippen LogP contribution in [0.25, 0.3) is 0 Å². The van der Waals surface area contributed by atoms with Gasteiger partial charge in [-0.3, -0.25) is 4.79 Å². The molecule has 1 saturated heterocycles. The molecule has 1 fully saturated rings. The van der Waals surface area contributed by atoms with Crippen molar-refractivity contribution in [1.29, 1.82) is 0 Å². The van der Waals surface area contributed by atoms with Crippen LogP contribution in [0.5, 0.6) is 5.75 Å². The zero-order chi connectivity index (χ0) is 17.7. The summed E-state index contributed by atoms with van der Waals surface area (Å²) in [6.45, 7) is 2.78. The molecule has 1 aliphatic rings. The van der Waals surface area contributed by atoms with E-state index in [0.717, 1.165) is 24.2 Å². The number of methoxy groups -OCH3 is 1. The summed E-state index contributed by atoms with van der Waals surface area (Å²) in [6, 6.07) is 7.54. The van der Waals surface area contributed by atoms with Crippen molar-refractivity contribution in [3.63, 3.8) is 0 Å². The van der Waals surface area contributed by atoms with Gasteiger partial charge < -0.3 is 10.1 Å². The van der Waals surface area contributed by atoms with E-state index in [0.29, 0.717) is 13.0 Å². The molecule has 0 aromatic heterocycles. The Balaban J connectivity index is 2.03. The maximum Gasteiger partial charge on any atom is 0.224 e. The second-order valence-electron chi connectivity index (χ2n) is 6.20. The van der Waals surface area contributed by atoms with Gasteiger partial charge in [0.25, 0.3) is 0 Å². The molecule has 0 bridgehead atoms. The second-order valence-corrected chi connectivity index (χ2v) is 8.19. The molecule has 2 rings (SSSR count). The number of nitrogens with zero attached hydrogens (tertiary/aromatic N) is 1. The first-order valence-electron chi connectivity index (χ1n) is 8.24. The molecule has 1 aromatic carbocycles. The molecule has 0 aliphatic carbocycles. The summed E-state index contributed by atoms with van der Waals surface area (Å²) in [5.74, 6) is 0.405. The van der Waals surface area contributed by atoms with E-state index in [9.17, 15) is 13.2 Å². The van der Waals surface area contributed by atoms with Crippen LogP contribution in [-0.2, 0) is 14.8 Å². The average Bonchev–Trinajstić information content (AvgIpc) is 2.59. The van der Waals surface area contributed by atoms with Crippen LogP contribution in [0.15, 0.2) is 24.3 Å². The van der Waals surface area contributed by atoms with Crippen LogP contribution in [-0.4, -0.2) is 45.1 Å². The minimum Gasteiger partial charge on any atom is -0.497 e. The van der Waals surface area contributed by atoms with Crippen molar-refractivity contribution in [3.05, 3.63) is 29.8 Å². The molecule has 24 heavy (non-hydrogen) atoms. The van der Waals surface area contributed by atoms with Gasteiger partial charge in [0, 0.05) is 13.1 Å². The minimum atomic E-state index is -3.25. The first-order chi connectivity index (χ1) is 11.3. The number of rotatable bonds is 6. The summed E-state index contributed by atoms with van der Waals surface area (Å²) in [7, 11) is -1.63. The molecule has 1 N–H and O–H groups in total. The third-order valence-electron chi connectivity index (χ3n) is 4.47. The lowest BCUT2D eigenvalue weighted by Gasteiger charge is -2.31. The number of sulfonamides is 1. The number of ether oxygens (including phenoxy) is 1. The van der Waals surface area contributed by atoms with Crippen molar-refractivity contribution >= 4 is 15.9 Å². The first-order valence-corrected chi connectivity index (χ1v) is 10.1. The number of carbonyl (C=O) groups is 1. The van der Waals surface area contributed by atoms with Gasteiger partial charge >= 0.3 is 0 Å². The van der Waals surface area contributed by atoms with Crippen LogP contribution in [0.4, 0.5) is 0 Å². The largest absolute Gasteiger partial charge is 0.497 e. The Morgan fingerprint density at radius 3 is 2.58 bits per heavy atom. The summed E-state index contributed by atoms with van der Waals surface area (Å²) in [4.78, 5) is 12.6. The number of hydrogen-bond donors (Lipinski definition) is 1. The van der Waals surface area contributed by atoms with Crippen LogP contribution < -0.4 is 10.1 Å². The molecule has 6 nitrogen and oxygen atoms in total. The highest BCUT2D eigenvalue weighted by Gasteiger charge is 2.31. The quantitative estimate of drug-likeness (QED) is 0.847. The van der Waals surface area contributed by atoms with Crippen LogP contribution in [0.1, 0.15) is 37.8 Å². The number of hydrogen-bond acceptors (Lipinski definition) is 4. The SMILES string of the molecule is CC[C@H](NC(=O)[C@@H]1CCCN(S(C)(=O)=O)C1)c1ccc(OC)cc1. The van der Waals surface area contributed by atoms with Crippen molar-refractivity contribution in [2.45, 2.75) is 32.2 Å². The Hall–Kier alpha value is -1.60. The van der Waals surface area contributed by atoms with Gasteiger partial charge in [0.05, 0.1) is 25.3 Å². The fourth-order valence-corrected chi connectivity index (χ4v) is 3.92. The smallest absolute Gasteiger partial charge is 0.224 e. The number of nitrogens with one attached hydrogen (secondary N) is 1. The number of carbonyl (C=O) groups excluding carboxylic acids is 1. The zero-order valence-electron chi connectivity index (χ0n) is 14.5. The summed E-state index contributed by atoms with van der Waals surface area (Å²) in [5, 5.41) is 3.06. The molecular formula is C17H26N2O4S. The predicted octanol–water partition coefficient (Wildman–Crippen LogP) is 1.93. The fraction of sp³-hybridized carbons (Fsp3) is 0.588. The molecule has 2 atom stereocenters. The summed E-state index contributed by atoms with van der Waals surface area (Å²) in [6.07, 6.45) is 3.39. The van der Waals surface area contributed by atoms with Crippen LogP contribution in [0, 0.1) is 5.92 Å². The first kappa shape index (κ1) is 18.7. The highest BCUT2D eigenvalue weighted by atomic mass is 32.2. The van der Waals surface area contributed by atoms with Crippen molar-refractivity contribution in [3.8, 4) is 5.75 Å². The van der Waals surface area contributed by atoms with E-state index in [1.807, 2.05) is 31.2 Å². The van der Waals surface area contributed by atoms with E-state index in [-0.39, 0.29) is 24.4 Å². The van der Waals surface area contributed by atoms with Crippen LogP contribution in [0.3, 0.4) is 0 Å². The van der Waals surface area contributed by atoms with E-state index in [4.69, 9.17) is 4.74 Å². The molecule has 1 aliphatic heterocycles. The number of amides is 1. The number of benzene rings is 1. The maximum atomic E-state index is 12.6. The predicted molar refractivity (Wildman–Crippen MR) is 93.3 cm³/mol. The Kier molecular flexibility index (Phi) is 6.23. The molecular weight excluding hydrogens is 328 g/mol. The third kappa shape index (κ3) is 4.70. The van der Waals surface area contributed by atoms with Gasteiger partial charge in [-0.2, -0.15) is 0 Å². The monoisotopic (exact) mass is 354 g/mol. The Bertz CT molecular complexity index is 658. The summed E-state index contributed by atoms with van der Waals surface area (Å²) < 4.78 is 29.9. The lowest BCUT2D eigenvalue weighted by molar-refractivity contribution is -0.126. The molecule has 7 heteroatoms. The maximum absolute atomic E-state index is 12.6. The molecule has 0 spiro atoms. The third-order valence-corrected chi connectivity index (χ3v) is 5.74. The minimum absolute atomic E-state index is 0.0778. The summed E-state index contributed by atoms with van der Waals surface area (Å²) >= 11 is 0. The molecule has 0 unspecified atom stereocenters. The van der Waals surface area contributed by atoms with Gasteiger partial charge in [0.1, 0.15) is 5.75 Å². The van der Waals surface area contributed by atoms with Gasteiger partial charge in [-0.15, -0.1) is 0 Å². The van der Waals surface area contributed by atoms with E-state index in [1.165, 1.54) is 10.6 Å². The molecule has 1 heterocycles. The van der Waals surface area contributed by atoms with Gasteiger partial charge in [-0.05, 0) is 37.0 Å². The van der Waals surface area contributed by atoms with Crippen LogP contribution >= 0.6 is 0 Å². The van der Waals surface area contributed by atoms with Crippen LogP contribution in [0.2, 0.25) is 0 Å². The van der Waals surface area contributed by atoms with Gasteiger partial charge in [0.2, 0.25) is 15.9 Å². The van der Waals surface area contributed by atoms with Crippen molar-refractivity contribution in [2.24, 2.45) is 5.92 Å². The highest BCUT2D eigenvalue weighted by molar-refractivity contribution is 7.88. The lowest BCUT2D eigenvalue weighted by atomic mass is 9.97. The molecule has 1 aromatic rings. The summed E-state index contributed by atoms with van der Waals surface area (Å²) in [5.41, 5.74) is 1.02. The Morgan fingerprint density at radius 2 is 2.04 bits per heavy atom. The Morgan fingerprint density at radius 1 is 1.38 bits per heavy atom. The molecule has 134 valence electrons. The molecule has 0 radical (unpaired) electrons. The van der Waals surface area contributed by atoms with Gasteiger partial charge in [0.15, 0.2) is 0 Å². The van der Waals surface area contributed by atoms with Crippen molar-refractivity contribution < 1.29 is 17.9 Å². The molecule has 0 saturated carbocycles. The highest BCUT2D eigenvalue weighted by Crippen LogP contribution is 2.23. The van der Waals surface area contributed by atoms with Gasteiger partial charge in [-0.1, -0.05) is 19.1 Å². The normalized spacial score (nSPS) is 20.4. The average molecular weight is 354 g/mol. The number of piperidine rings is 1. The Labute approximate surface area is 144 Å². The van der Waals surface area contributed by atoms with Gasteiger partial charge in [-0.25, -0.2) is 12.7 Å². The van der Waals surface area contributed by atoms with E-state index < -0.39 is 10.0 Å². The topological polar surface area (TPSA) is 75.7 Å². The van der Waals surface area contributed by atoms with E-state index in [1.54, 1.807) is 7.11 Å². The van der Waals surface area contributed by atoms with Crippen molar-refractivity contribution in [2.75, 3.05) is 26.5 Å². The van der Waals surface area contributed by atoms with E-state index >= 15 is 0 Å². The lowest BCUT2D eigenvalue weighted by Crippen LogP contribution is -2.45. The van der Waals surface area contributed by atoms with E-state index in [2.05, 4.69) is 5.32 Å². The zero-order valence-corrected chi connectivity index (χ0v) is 15.3.